The van der Waals surface area contributed by atoms with Crippen LogP contribution >= 0.6 is 0 Å². The van der Waals surface area contributed by atoms with Crippen LogP contribution in [0.25, 0.3) is 0 Å². The van der Waals surface area contributed by atoms with Crippen molar-refractivity contribution in [3.05, 3.63) is 0 Å². The minimum atomic E-state index is 0. The van der Waals surface area contributed by atoms with Crippen LogP contribution in [0, 0.1) is 0 Å². The van der Waals surface area contributed by atoms with E-state index in [2.05, 4.69) is 0 Å². The topological polar surface area (TPSA) is 17.1 Å². The standard InChI is InChI=1S/Ba.O.Sr.Zr.4H. The molecule has 0 fully saturated rings. The first-order chi connectivity index (χ1) is 1.00. The monoisotopic (exact) mass is 336 g/mol. The fourth-order valence-corrected chi connectivity index (χ4v) is 0. The first kappa shape index (κ1) is 15.6. The molecule has 0 spiro atoms. The third kappa shape index (κ3) is 9.22. The number of rotatable bonds is 0. The van der Waals surface area contributed by atoms with Crippen molar-refractivity contribution in [3.63, 3.8) is 0 Å². The van der Waals surface area contributed by atoms with Crippen LogP contribution in [0.15, 0.2) is 0 Å². The van der Waals surface area contributed by atoms with Gasteiger partial charge in [0.05, 0.1) is 0 Å². The van der Waals surface area contributed by atoms with Crippen molar-refractivity contribution in [2.24, 2.45) is 0 Å². The van der Waals surface area contributed by atoms with E-state index in [1.54, 1.807) is 0 Å². The van der Waals surface area contributed by atoms with Gasteiger partial charge in [-0.2, -0.15) is 0 Å². The van der Waals surface area contributed by atoms with Gasteiger partial charge in [0.15, 0.2) is 0 Å². The molecule has 18 valence electrons. The summed E-state index contributed by atoms with van der Waals surface area (Å²) >= 11 is 0.300. The Balaban J connectivity index is -0.00000000500. The fraction of sp³-hybridized carbons (Fsp3) is 0. The summed E-state index contributed by atoms with van der Waals surface area (Å²) in [4.78, 5) is 0. The van der Waals surface area contributed by atoms with E-state index >= 15 is 0 Å². The van der Waals surface area contributed by atoms with Gasteiger partial charge in [-0.1, -0.05) is 0 Å². The summed E-state index contributed by atoms with van der Waals surface area (Å²) in [5.74, 6) is 0. The maximum atomic E-state index is 8.34. The average Bonchev–Trinajstić information content (AvgIpc) is 1.00. The van der Waals surface area contributed by atoms with Gasteiger partial charge in [-0.15, -0.1) is 0 Å². The van der Waals surface area contributed by atoms with Crippen LogP contribution in [0.2, 0.25) is 0 Å². The van der Waals surface area contributed by atoms with Gasteiger partial charge in [-0.3, -0.25) is 0 Å². The normalized spacial score (nSPS) is 0.750. The molecule has 0 radical (unpaired) electrons. The van der Waals surface area contributed by atoms with Crippen LogP contribution in [0.5, 0.6) is 0 Å². The van der Waals surface area contributed by atoms with Crippen LogP contribution < -0.4 is 0 Å². The molecule has 0 N–H and O–H groups in total. The Bertz CT molecular complexity index is 8.00. The summed E-state index contributed by atoms with van der Waals surface area (Å²) in [6.45, 7) is 0. The maximum absolute atomic E-state index is 8.34. The molecule has 0 amide bonds. The van der Waals surface area contributed by atoms with Gasteiger partial charge in [0.25, 0.3) is 0 Å². The zero-order valence-corrected chi connectivity index (χ0v) is 3.37. The van der Waals surface area contributed by atoms with E-state index in [1.165, 1.54) is 0 Å². The Morgan fingerprint density at radius 2 is 1.25 bits per heavy atom. The zero-order valence-electron chi connectivity index (χ0n) is 0.908. The van der Waals surface area contributed by atoms with Crippen LogP contribution in [0.3, 0.4) is 0 Å². The fourth-order valence-electron chi connectivity index (χ4n) is 0. The summed E-state index contributed by atoms with van der Waals surface area (Å²) in [6, 6.07) is 0. The summed E-state index contributed by atoms with van der Waals surface area (Å²) in [5, 5.41) is 0. The van der Waals surface area contributed by atoms with E-state index in [0.717, 1.165) is 0 Å². The Morgan fingerprint density at radius 1 is 1.25 bits per heavy atom. The molecule has 0 saturated carbocycles. The molecule has 1 nitrogen and oxygen atoms in total. The Labute approximate surface area is 118 Å². The number of hydrogen-bond acceptors (Lipinski definition) is 1. The molecule has 0 bridgehead atoms. The summed E-state index contributed by atoms with van der Waals surface area (Å²) < 4.78 is 8.34. The molecule has 0 rings (SSSR count). The van der Waals surface area contributed by atoms with Crippen molar-refractivity contribution in [1.29, 1.82) is 0 Å². The molecule has 0 aromatic heterocycles. The third-order valence-electron chi connectivity index (χ3n) is 0. The predicted octanol–water partition coefficient (Wildman–Crippen LogP) is -1.95. The van der Waals surface area contributed by atoms with E-state index < -0.39 is 0 Å². The van der Waals surface area contributed by atoms with Gasteiger partial charge >= 0.3 is 122 Å². The molecule has 4 heteroatoms. The van der Waals surface area contributed by atoms with Gasteiger partial charge in [-0.25, -0.2) is 0 Å². The van der Waals surface area contributed by atoms with E-state index in [0.29, 0.717) is 24.7 Å². The summed E-state index contributed by atoms with van der Waals surface area (Å²) in [5.41, 5.74) is 0. The van der Waals surface area contributed by atoms with E-state index in [-0.39, 0.29) is 94.4 Å². The summed E-state index contributed by atoms with van der Waals surface area (Å²) in [7, 11) is 0. The zero-order chi connectivity index (χ0) is 2.00. The van der Waals surface area contributed by atoms with Crippen LogP contribution in [0.4, 0.5) is 0 Å². The Kier molecular flexibility index (Phi) is 62.1. The molecule has 0 aromatic rings. The SMILES string of the molecule is [BaH2].[O]=[Zr].[SrH2]. The molecule has 0 aliphatic carbocycles. The van der Waals surface area contributed by atoms with E-state index in [1.807, 2.05) is 0 Å². The molecule has 0 aliphatic heterocycles. The molecular formula is H4BaOSrZr. The molecule has 4 heavy (non-hydrogen) atoms. The Hall–Kier alpha value is 3.74. The van der Waals surface area contributed by atoms with Crippen molar-refractivity contribution in [2.45, 2.75) is 0 Å². The first-order valence-corrected chi connectivity index (χ1v) is 1.21. The van der Waals surface area contributed by atoms with Crippen LogP contribution in [0.1, 0.15) is 0 Å². The predicted molar refractivity (Wildman–Crippen MR) is 17.8 cm³/mol. The van der Waals surface area contributed by atoms with Crippen LogP contribution in [-0.4, -0.2) is 94.4 Å². The molecular weight excluding hydrogens is 332 g/mol. The average molecular weight is 336 g/mol. The van der Waals surface area contributed by atoms with Crippen molar-refractivity contribution < 1.29 is 27.5 Å². The van der Waals surface area contributed by atoms with Gasteiger partial charge in [0.2, 0.25) is 0 Å². The third-order valence-corrected chi connectivity index (χ3v) is 0. The summed E-state index contributed by atoms with van der Waals surface area (Å²) in [6.07, 6.45) is 0. The van der Waals surface area contributed by atoms with Crippen LogP contribution in [-0.2, 0) is 27.5 Å². The van der Waals surface area contributed by atoms with Gasteiger partial charge in [0.1, 0.15) is 0 Å². The molecule has 0 aromatic carbocycles. The quantitative estimate of drug-likeness (QED) is 0.470. The molecule has 0 atom stereocenters. The second kappa shape index (κ2) is 15.9. The van der Waals surface area contributed by atoms with Crippen molar-refractivity contribution in [1.82, 2.24) is 0 Å². The Morgan fingerprint density at radius 3 is 1.25 bits per heavy atom. The minimum absolute atomic E-state index is 0. The van der Waals surface area contributed by atoms with E-state index in [9.17, 15) is 0 Å². The van der Waals surface area contributed by atoms with Gasteiger partial charge in [-0.05, 0) is 0 Å². The van der Waals surface area contributed by atoms with Crippen molar-refractivity contribution in [2.75, 3.05) is 0 Å². The number of hydrogen-bond donors (Lipinski definition) is 0. The second-order valence-electron chi connectivity index (χ2n) is 0. The van der Waals surface area contributed by atoms with Gasteiger partial charge in [0, 0.05) is 0 Å². The second-order valence-corrected chi connectivity index (χ2v) is 0. The first-order valence-electron chi connectivity index (χ1n) is 0.204. The van der Waals surface area contributed by atoms with E-state index in [4.69, 9.17) is 2.81 Å². The van der Waals surface area contributed by atoms with Gasteiger partial charge < -0.3 is 0 Å². The molecule has 0 unspecified atom stereocenters. The van der Waals surface area contributed by atoms with Crippen molar-refractivity contribution >= 4 is 94.4 Å². The molecule has 0 aliphatic rings. The molecule has 0 saturated heterocycles. The molecule has 0 heterocycles. The van der Waals surface area contributed by atoms with Crippen molar-refractivity contribution in [3.8, 4) is 0 Å².